The van der Waals surface area contributed by atoms with Crippen LogP contribution in [0.4, 0.5) is 0 Å². The fourth-order valence-electron chi connectivity index (χ4n) is 2.11. The van der Waals surface area contributed by atoms with Gasteiger partial charge in [0.2, 0.25) is 0 Å². The van der Waals surface area contributed by atoms with Crippen LogP contribution in [0.1, 0.15) is 12.1 Å². The molecule has 0 spiro atoms. The van der Waals surface area contributed by atoms with E-state index in [-0.39, 0.29) is 19.5 Å². The molecule has 23 heavy (non-hydrogen) atoms. The van der Waals surface area contributed by atoms with Crippen LogP contribution < -0.4 is 15.2 Å². The minimum atomic E-state index is -3.67. The fourth-order valence-corrected chi connectivity index (χ4v) is 2.97. The zero-order valence-corrected chi connectivity index (χ0v) is 13.3. The quantitative estimate of drug-likeness (QED) is 0.435. The maximum absolute atomic E-state index is 11.7. The van der Waals surface area contributed by atoms with E-state index >= 15 is 0 Å². The topological polar surface area (TPSA) is 137 Å². The summed E-state index contributed by atoms with van der Waals surface area (Å²) in [6.45, 7) is 0.197. The van der Waals surface area contributed by atoms with Gasteiger partial charge in [0.15, 0.2) is 0 Å². The van der Waals surface area contributed by atoms with Crippen molar-refractivity contribution in [2.24, 2.45) is 5.73 Å². The molecule has 9 heteroatoms. The van der Waals surface area contributed by atoms with Crippen molar-refractivity contribution in [2.75, 3.05) is 13.1 Å². The Kier molecular flexibility index (Phi) is 5.72. The first-order chi connectivity index (χ1) is 10.9. The van der Waals surface area contributed by atoms with Crippen LogP contribution in [0, 0.1) is 0 Å². The Morgan fingerprint density at radius 3 is 2.65 bits per heavy atom. The van der Waals surface area contributed by atoms with Gasteiger partial charge in [-0.05, 0) is 23.9 Å². The van der Waals surface area contributed by atoms with Gasteiger partial charge < -0.3 is 15.8 Å². The number of fused-ring (bicyclic) bond motifs is 1. The molecule has 0 radical (unpaired) electrons. The van der Waals surface area contributed by atoms with E-state index in [4.69, 9.17) is 10.8 Å². The average Bonchev–Trinajstić information content (AvgIpc) is 2.89. The second-order valence-electron chi connectivity index (χ2n) is 5.16. The molecule has 0 bridgehead atoms. The highest BCUT2D eigenvalue weighted by atomic mass is 32.2. The van der Waals surface area contributed by atoms with E-state index < -0.39 is 22.2 Å². The molecular weight excluding hydrogens is 320 g/mol. The Bertz CT molecular complexity index is 739. The maximum atomic E-state index is 11.7. The number of nitrogens with two attached hydrogens (primary N) is 1. The number of nitrogens with one attached hydrogen (secondary N) is 3. The molecule has 2 rings (SSSR count). The van der Waals surface area contributed by atoms with Crippen LogP contribution in [0.5, 0.6) is 0 Å². The van der Waals surface area contributed by atoms with Crippen LogP contribution in [0.25, 0.3) is 10.9 Å². The standard InChI is InChI=1S/C14H20N4O4S/c15-12(14(19)20)6-8-17-23(21,22)16-7-5-11-9-10-3-1-2-4-13(10)18-11/h1-4,9,12,16-18H,5-8,15H2,(H,19,20)/t12-/m0/s1. The highest BCUT2D eigenvalue weighted by Crippen LogP contribution is 2.14. The van der Waals surface area contributed by atoms with Crippen molar-refractivity contribution < 1.29 is 18.3 Å². The van der Waals surface area contributed by atoms with Gasteiger partial charge in [-0.25, -0.2) is 9.44 Å². The highest BCUT2D eigenvalue weighted by molar-refractivity contribution is 7.87. The van der Waals surface area contributed by atoms with Crippen LogP contribution in [0.2, 0.25) is 0 Å². The number of hydrogen-bond donors (Lipinski definition) is 5. The predicted octanol–water partition coefficient (Wildman–Crippen LogP) is -0.0636. The third-order valence-corrected chi connectivity index (χ3v) is 4.51. The molecule has 8 nitrogen and oxygen atoms in total. The largest absolute Gasteiger partial charge is 0.480 e. The summed E-state index contributed by atoms with van der Waals surface area (Å²) in [7, 11) is -3.67. The molecule has 0 aliphatic heterocycles. The Labute approximate surface area is 134 Å². The van der Waals surface area contributed by atoms with Gasteiger partial charge in [-0.1, -0.05) is 18.2 Å². The number of carboxylic acids is 1. The SMILES string of the molecule is N[C@@H](CCNS(=O)(=O)NCCc1cc2ccccc2[nH]1)C(=O)O. The van der Waals surface area contributed by atoms with E-state index in [1.165, 1.54) is 0 Å². The van der Waals surface area contributed by atoms with Gasteiger partial charge in [0.1, 0.15) is 6.04 Å². The number of H-pyrrole nitrogens is 1. The summed E-state index contributed by atoms with van der Waals surface area (Å²) in [5, 5.41) is 9.69. The first-order valence-electron chi connectivity index (χ1n) is 7.16. The van der Waals surface area contributed by atoms with Crippen molar-refractivity contribution in [1.29, 1.82) is 0 Å². The molecule has 0 fully saturated rings. The van der Waals surface area contributed by atoms with E-state index in [2.05, 4.69) is 14.4 Å². The maximum Gasteiger partial charge on any atom is 0.320 e. The number of hydrogen-bond acceptors (Lipinski definition) is 4. The zero-order valence-electron chi connectivity index (χ0n) is 12.5. The Balaban J connectivity index is 1.77. The smallest absolute Gasteiger partial charge is 0.320 e. The Hall–Kier alpha value is -1.94. The average molecular weight is 340 g/mol. The van der Waals surface area contributed by atoms with Crippen LogP contribution in [-0.2, 0) is 21.4 Å². The number of aliphatic carboxylic acids is 1. The Morgan fingerprint density at radius 2 is 1.96 bits per heavy atom. The van der Waals surface area contributed by atoms with E-state index in [0.717, 1.165) is 16.6 Å². The summed E-state index contributed by atoms with van der Waals surface area (Å²) in [5.41, 5.74) is 7.24. The number of carboxylic acid groups (broad SMARTS) is 1. The number of carbonyl (C=O) groups is 1. The van der Waals surface area contributed by atoms with Crippen LogP contribution in [0.3, 0.4) is 0 Å². The third kappa shape index (κ3) is 5.32. The third-order valence-electron chi connectivity index (χ3n) is 3.34. The molecule has 126 valence electrons. The van der Waals surface area contributed by atoms with Crippen LogP contribution in [0.15, 0.2) is 30.3 Å². The fraction of sp³-hybridized carbons (Fsp3) is 0.357. The normalized spacial score (nSPS) is 13.3. The second-order valence-corrected chi connectivity index (χ2v) is 6.74. The van der Waals surface area contributed by atoms with Crippen molar-refractivity contribution in [1.82, 2.24) is 14.4 Å². The van der Waals surface area contributed by atoms with E-state index in [0.29, 0.717) is 6.42 Å². The predicted molar refractivity (Wildman–Crippen MR) is 87.2 cm³/mol. The molecule has 6 N–H and O–H groups in total. The molecule has 0 aliphatic rings. The van der Waals surface area contributed by atoms with Gasteiger partial charge in [0.25, 0.3) is 10.2 Å². The minimum Gasteiger partial charge on any atom is -0.480 e. The molecule has 0 saturated heterocycles. The number of aromatic amines is 1. The van der Waals surface area contributed by atoms with Gasteiger partial charge >= 0.3 is 5.97 Å². The monoisotopic (exact) mass is 340 g/mol. The summed E-state index contributed by atoms with van der Waals surface area (Å²) in [6.07, 6.45) is 0.544. The molecule has 0 amide bonds. The summed E-state index contributed by atoms with van der Waals surface area (Å²) >= 11 is 0. The lowest BCUT2D eigenvalue weighted by molar-refractivity contribution is -0.138. The van der Waals surface area contributed by atoms with Crippen molar-refractivity contribution in [3.63, 3.8) is 0 Å². The van der Waals surface area contributed by atoms with Crippen molar-refractivity contribution in [3.05, 3.63) is 36.0 Å². The lowest BCUT2D eigenvalue weighted by Crippen LogP contribution is -2.41. The van der Waals surface area contributed by atoms with E-state index in [1.54, 1.807) is 0 Å². The first-order valence-corrected chi connectivity index (χ1v) is 8.65. The van der Waals surface area contributed by atoms with Crippen LogP contribution >= 0.6 is 0 Å². The molecule has 1 aromatic carbocycles. The Morgan fingerprint density at radius 1 is 1.26 bits per heavy atom. The second kappa shape index (κ2) is 7.55. The summed E-state index contributed by atoms with van der Waals surface area (Å²) in [4.78, 5) is 13.8. The number of benzene rings is 1. The molecule has 0 aliphatic carbocycles. The van der Waals surface area contributed by atoms with Gasteiger partial charge in [-0.3, -0.25) is 4.79 Å². The van der Waals surface area contributed by atoms with E-state index in [9.17, 15) is 13.2 Å². The molecule has 1 aromatic heterocycles. The minimum absolute atomic E-state index is 0.0261. The summed E-state index contributed by atoms with van der Waals surface area (Å²) in [5.74, 6) is -1.16. The lowest BCUT2D eigenvalue weighted by atomic mass is 10.2. The lowest BCUT2D eigenvalue weighted by Gasteiger charge is -2.09. The van der Waals surface area contributed by atoms with Crippen molar-refractivity contribution in [3.8, 4) is 0 Å². The number of aromatic nitrogens is 1. The molecule has 2 aromatic rings. The van der Waals surface area contributed by atoms with Crippen molar-refractivity contribution >= 4 is 27.1 Å². The molecular formula is C14H20N4O4S. The summed E-state index contributed by atoms with van der Waals surface area (Å²) in [6, 6.07) is 8.70. The number of para-hydroxylation sites is 1. The first kappa shape index (κ1) is 17.4. The number of rotatable bonds is 9. The molecule has 1 heterocycles. The van der Waals surface area contributed by atoms with E-state index in [1.807, 2.05) is 30.3 Å². The van der Waals surface area contributed by atoms with Gasteiger partial charge in [0, 0.05) is 30.7 Å². The summed E-state index contributed by atoms with van der Waals surface area (Å²) < 4.78 is 28.1. The molecule has 0 saturated carbocycles. The van der Waals surface area contributed by atoms with Crippen molar-refractivity contribution in [2.45, 2.75) is 18.9 Å². The van der Waals surface area contributed by atoms with Gasteiger partial charge in [0.05, 0.1) is 0 Å². The zero-order chi connectivity index (χ0) is 16.9. The van der Waals surface area contributed by atoms with Gasteiger partial charge in [-0.15, -0.1) is 0 Å². The van der Waals surface area contributed by atoms with Crippen LogP contribution in [-0.4, -0.2) is 43.6 Å². The highest BCUT2D eigenvalue weighted by Gasteiger charge is 2.14. The van der Waals surface area contributed by atoms with Gasteiger partial charge in [-0.2, -0.15) is 8.42 Å². The molecule has 0 unspecified atom stereocenters. The molecule has 1 atom stereocenters.